The number of carbonyl (C=O) groups is 1. The van der Waals surface area contributed by atoms with Crippen LogP contribution >= 0.6 is 0 Å². The number of allylic oxidation sites excluding steroid dienone is 2. The van der Waals surface area contributed by atoms with Crippen molar-refractivity contribution in [2.45, 2.75) is 19.8 Å². The molecule has 3 N–H and O–H groups in total. The summed E-state index contributed by atoms with van der Waals surface area (Å²) in [5, 5.41) is 19.7. The number of hydrogen-bond donors (Lipinski definition) is 2. The van der Waals surface area contributed by atoms with Crippen LogP contribution in [0.25, 0.3) is 0 Å². The fourth-order valence-corrected chi connectivity index (χ4v) is 2.77. The summed E-state index contributed by atoms with van der Waals surface area (Å²) in [6, 6.07) is 4.99. The zero-order valence-electron chi connectivity index (χ0n) is 15.0. The lowest BCUT2D eigenvalue weighted by Gasteiger charge is -2.27. The van der Waals surface area contributed by atoms with Crippen LogP contribution in [-0.2, 0) is 14.3 Å². The summed E-state index contributed by atoms with van der Waals surface area (Å²) in [5.41, 5.74) is 6.51. The van der Waals surface area contributed by atoms with Crippen LogP contribution in [0.1, 0.15) is 25.3 Å². The van der Waals surface area contributed by atoms with Crippen LogP contribution in [0.4, 0.5) is 0 Å². The Hall–Kier alpha value is -3.34. The molecule has 0 saturated carbocycles. The average molecular weight is 360 g/mol. The molecule has 0 fully saturated rings. The molecule has 2 rings (SSSR count). The average Bonchev–Trinajstić information content (AvgIpc) is 2.61. The van der Waals surface area contributed by atoms with E-state index in [-0.39, 0.29) is 46.6 Å². The molecule has 8 nitrogen and oxygen atoms in total. The maximum Gasteiger partial charge on any atom is 0.338 e. The molecule has 1 atom stereocenters. The minimum atomic E-state index is -0.851. The summed E-state index contributed by atoms with van der Waals surface area (Å²) in [4.78, 5) is 12.5. The van der Waals surface area contributed by atoms with Gasteiger partial charge in [0.15, 0.2) is 11.5 Å². The number of rotatable bonds is 5. The monoisotopic (exact) mass is 360 g/mol. The number of phenols is 1. The van der Waals surface area contributed by atoms with Gasteiger partial charge in [-0.1, -0.05) is 0 Å². The van der Waals surface area contributed by atoms with Crippen molar-refractivity contribution in [3.05, 3.63) is 40.5 Å². The number of nitrogens with two attached hydrogens (primary N) is 1. The second kappa shape index (κ2) is 7.70. The molecule has 1 heterocycles. The van der Waals surface area contributed by atoms with Gasteiger partial charge in [0.25, 0.3) is 0 Å². The lowest BCUT2D eigenvalue weighted by Crippen LogP contribution is -2.25. The molecule has 1 aliphatic heterocycles. The topological polar surface area (TPSA) is 124 Å². The number of benzene rings is 1. The third-order valence-electron chi connectivity index (χ3n) is 3.94. The third-order valence-corrected chi connectivity index (χ3v) is 3.94. The Morgan fingerprint density at radius 3 is 2.38 bits per heavy atom. The normalized spacial score (nSPS) is 16.7. The molecule has 0 radical (unpaired) electrons. The van der Waals surface area contributed by atoms with Crippen molar-refractivity contribution in [1.82, 2.24) is 0 Å². The van der Waals surface area contributed by atoms with Gasteiger partial charge in [0.2, 0.25) is 11.6 Å². The van der Waals surface area contributed by atoms with Crippen molar-refractivity contribution in [2.75, 3.05) is 20.8 Å². The maximum absolute atomic E-state index is 12.5. The van der Waals surface area contributed by atoms with E-state index in [0.717, 1.165) is 0 Å². The van der Waals surface area contributed by atoms with E-state index >= 15 is 0 Å². The van der Waals surface area contributed by atoms with Crippen LogP contribution in [0.3, 0.4) is 0 Å². The minimum Gasteiger partial charge on any atom is -0.502 e. The number of carbonyl (C=O) groups excluding carboxylic acids is 1. The van der Waals surface area contributed by atoms with Crippen molar-refractivity contribution >= 4 is 5.97 Å². The summed E-state index contributed by atoms with van der Waals surface area (Å²) in [5.74, 6) is -1.28. The summed E-state index contributed by atoms with van der Waals surface area (Å²) in [7, 11) is 2.76. The highest BCUT2D eigenvalue weighted by molar-refractivity contribution is 5.92. The van der Waals surface area contributed by atoms with Gasteiger partial charge in [-0.15, -0.1) is 0 Å². The largest absolute Gasteiger partial charge is 0.502 e. The first-order valence-corrected chi connectivity index (χ1v) is 7.79. The first-order chi connectivity index (χ1) is 12.4. The molecular formula is C18H20N2O6. The van der Waals surface area contributed by atoms with E-state index in [9.17, 15) is 15.2 Å². The third kappa shape index (κ3) is 3.24. The Kier molecular flexibility index (Phi) is 5.62. The molecule has 0 aliphatic carbocycles. The highest BCUT2D eigenvalue weighted by atomic mass is 16.5. The Morgan fingerprint density at radius 2 is 1.92 bits per heavy atom. The van der Waals surface area contributed by atoms with Gasteiger partial charge in [-0.3, -0.25) is 0 Å². The number of hydrogen-bond acceptors (Lipinski definition) is 8. The van der Waals surface area contributed by atoms with E-state index in [1.54, 1.807) is 13.8 Å². The molecule has 0 amide bonds. The van der Waals surface area contributed by atoms with E-state index in [1.807, 2.05) is 6.07 Å². The first-order valence-electron chi connectivity index (χ1n) is 7.79. The minimum absolute atomic E-state index is 0.0495. The summed E-state index contributed by atoms with van der Waals surface area (Å²) < 4.78 is 20.8. The van der Waals surface area contributed by atoms with E-state index in [0.29, 0.717) is 5.56 Å². The Balaban J connectivity index is 2.73. The van der Waals surface area contributed by atoms with Crippen LogP contribution in [0.2, 0.25) is 0 Å². The van der Waals surface area contributed by atoms with Crippen LogP contribution in [0.5, 0.6) is 17.2 Å². The van der Waals surface area contributed by atoms with E-state index in [2.05, 4.69) is 0 Å². The molecule has 0 bridgehead atoms. The van der Waals surface area contributed by atoms with E-state index < -0.39 is 11.9 Å². The number of nitrogens with zero attached hydrogens (tertiary/aromatic N) is 1. The molecule has 1 unspecified atom stereocenters. The van der Waals surface area contributed by atoms with Crippen LogP contribution in [-0.4, -0.2) is 31.9 Å². The maximum atomic E-state index is 12.5. The molecule has 8 heteroatoms. The van der Waals surface area contributed by atoms with Crippen molar-refractivity contribution in [3.8, 4) is 23.3 Å². The standard InChI is InChI=1S/C18H20N2O6/c1-5-25-18(22)14-9(2)26-17(20)11(8-19)15(14)10-6-12(23-3)16(21)13(7-10)24-4/h6-7,15,21H,5,20H2,1-4H3. The van der Waals surface area contributed by atoms with Gasteiger partial charge in [-0.25, -0.2) is 4.79 Å². The Bertz CT molecular complexity index is 810. The van der Waals surface area contributed by atoms with Crippen LogP contribution in [0.15, 0.2) is 34.9 Å². The molecule has 0 spiro atoms. The summed E-state index contributed by atoms with van der Waals surface area (Å²) in [6.45, 7) is 3.40. The number of aromatic hydroxyl groups is 1. The number of esters is 1. The quantitative estimate of drug-likeness (QED) is 0.765. The molecular weight excluding hydrogens is 340 g/mol. The smallest absolute Gasteiger partial charge is 0.338 e. The van der Waals surface area contributed by atoms with Gasteiger partial charge >= 0.3 is 5.97 Å². The zero-order valence-corrected chi connectivity index (χ0v) is 15.0. The van der Waals surface area contributed by atoms with Gasteiger partial charge in [-0.05, 0) is 31.5 Å². The second-order valence-electron chi connectivity index (χ2n) is 5.39. The predicted molar refractivity (Wildman–Crippen MR) is 91.2 cm³/mol. The zero-order chi connectivity index (χ0) is 19.4. The van der Waals surface area contributed by atoms with Crippen LogP contribution in [0, 0.1) is 11.3 Å². The number of methoxy groups -OCH3 is 2. The lowest BCUT2D eigenvalue weighted by molar-refractivity contribution is -0.139. The molecule has 26 heavy (non-hydrogen) atoms. The van der Waals surface area contributed by atoms with Gasteiger partial charge in [0.05, 0.1) is 32.3 Å². The molecule has 1 aliphatic rings. The number of phenolic OH excluding ortho intramolecular Hbond substituents is 1. The lowest BCUT2D eigenvalue weighted by atomic mass is 9.83. The molecule has 1 aromatic carbocycles. The first kappa shape index (κ1) is 19.0. The molecule has 0 aromatic heterocycles. The molecule has 1 aromatic rings. The van der Waals surface area contributed by atoms with Crippen LogP contribution < -0.4 is 15.2 Å². The highest BCUT2D eigenvalue weighted by Crippen LogP contribution is 2.45. The van der Waals surface area contributed by atoms with Crippen molar-refractivity contribution in [2.24, 2.45) is 5.73 Å². The van der Waals surface area contributed by atoms with Crippen molar-refractivity contribution in [3.63, 3.8) is 0 Å². The van der Waals surface area contributed by atoms with Gasteiger partial charge in [0.1, 0.15) is 17.4 Å². The summed E-state index contributed by atoms with van der Waals surface area (Å²) in [6.07, 6.45) is 0. The Morgan fingerprint density at radius 1 is 1.35 bits per heavy atom. The fourth-order valence-electron chi connectivity index (χ4n) is 2.77. The van der Waals surface area contributed by atoms with Gasteiger partial charge < -0.3 is 29.8 Å². The van der Waals surface area contributed by atoms with Gasteiger partial charge in [-0.2, -0.15) is 5.26 Å². The van der Waals surface area contributed by atoms with Crippen molar-refractivity contribution < 1.29 is 28.8 Å². The number of ether oxygens (including phenoxy) is 4. The molecule has 0 saturated heterocycles. The van der Waals surface area contributed by atoms with E-state index in [1.165, 1.54) is 26.4 Å². The van der Waals surface area contributed by atoms with Gasteiger partial charge in [0, 0.05) is 0 Å². The SMILES string of the molecule is CCOC(=O)C1=C(C)OC(N)=C(C#N)C1c1cc(OC)c(O)c(OC)c1. The molecule has 138 valence electrons. The number of nitriles is 1. The fraction of sp³-hybridized carbons (Fsp3) is 0.333. The van der Waals surface area contributed by atoms with Crippen molar-refractivity contribution in [1.29, 1.82) is 5.26 Å². The second-order valence-corrected chi connectivity index (χ2v) is 5.39. The predicted octanol–water partition coefficient (Wildman–Crippen LogP) is 2.05. The highest BCUT2D eigenvalue weighted by Gasteiger charge is 2.37. The Labute approximate surface area is 151 Å². The van der Waals surface area contributed by atoms with E-state index in [4.69, 9.17) is 24.7 Å². The summed E-state index contributed by atoms with van der Waals surface area (Å²) >= 11 is 0.